The Balaban J connectivity index is 0.000000572. The summed E-state index contributed by atoms with van der Waals surface area (Å²) in [7, 11) is 0. The van der Waals surface area contributed by atoms with E-state index < -0.39 is 6.04 Å². The van der Waals surface area contributed by atoms with Gasteiger partial charge in [0.15, 0.2) is 0 Å². The van der Waals surface area contributed by atoms with Crippen LogP contribution in [-0.4, -0.2) is 46.1 Å². The van der Waals surface area contributed by atoms with E-state index in [1.165, 1.54) is 29.4 Å². The highest BCUT2D eigenvalue weighted by atomic mass is 19.1. The lowest BCUT2D eigenvalue weighted by Gasteiger charge is -2.35. The molecule has 1 N–H and O–H groups in total. The minimum Gasteiger partial charge on any atom is -0.368 e. The molecule has 4 heterocycles. The Morgan fingerprint density at radius 1 is 1.10 bits per heavy atom. The summed E-state index contributed by atoms with van der Waals surface area (Å²) in [5.41, 5.74) is 6.23. The third-order valence-corrected chi connectivity index (χ3v) is 5.83. The van der Waals surface area contributed by atoms with Gasteiger partial charge in [-0.25, -0.2) is 9.37 Å². The molecule has 1 aliphatic rings. The molecular weight excluding hydrogens is 496 g/mol. The number of aromatic nitrogens is 3. The van der Waals surface area contributed by atoms with Crippen LogP contribution in [0.25, 0.3) is 5.65 Å². The lowest BCUT2D eigenvalue weighted by Crippen LogP contribution is -2.49. The number of carbonyl (C=O) groups excluding carboxylic acids is 1. The van der Waals surface area contributed by atoms with E-state index in [0.717, 1.165) is 31.7 Å². The van der Waals surface area contributed by atoms with Gasteiger partial charge in [0.2, 0.25) is 0 Å². The Bertz CT molecular complexity index is 1100. The molecule has 1 fully saturated rings. The molecule has 0 aliphatic carbocycles. The van der Waals surface area contributed by atoms with Crippen molar-refractivity contribution in [3.05, 3.63) is 59.1 Å². The Morgan fingerprint density at radius 2 is 1.77 bits per heavy atom. The topological polar surface area (TPSA) is 62.5 Å². The van der Waals surface area contributed by atoms with Crippen LogP contribution in [0.5, 0.6) is 0 Å². The molecule has 0 aromatic carbocycles. The Labute approximate surface area is 235 Å². The van der Waals surface area contributed by atoms with Crippen molar-refractivity contribution >= 4 is 17.4 Å². The smallest absolute Gasteiger partial charge is 0.301 e. The Kier molecular flexibility index (Phi) is 18.6. The predicted octanol–water partition coefficient (Wildman–Crippen LogP) is 7.57. The fourth-order valence-electron chi connectivity index (χ4n) is 4.07. The Hall–Kier alpha value is -2.87. The second kappa shape index (κ2) is 20.1. The highest BCUT2D eigenvalue weighted by Gasteiger charge is 2.19. The number of fused-ring (bicyclic) bond motifs is 1. The second-order valence-electron chi connectivity index (χ2n) is 8.95. The quantitative estimate of drug-likeness (QED) is 0.334. The van der Waals surface area contributed by atoms with Crippen molar-refractivity contribution in [3.63, 3.8) is 0 Å². The average Bonchev–Trinajstić information content (AvgIpc) is 3.32. The average molecular weight is 548 g/mol. The van der Waals surface area contributed by atoms with Crippen LogP contribution < -0.4 is 10.2 Å². The molecule has 1 saturated heterocycles. The van der Waals surface area contributed by atoms with Crippen LogP contribution in [0.15, 0.2) is 30.7 Å². The fourth-order valence-corrected chi connectivity index (χ4v) is 4.07. The molecular formula is C31H51F2N5O. The first-order chi connectivity index (χ1) is 18.7. The van der Waals surface area contributed by atoms with E-state index in [0.29, 0.717) is 23.7 Å². The molecule has 1 aliphatic heterocycles. The van der Waals surface area contributed by atoms with Crippen molar-refractivity contribution in [2.75, 3.05) is 24.5 Å². The van der Waals surface area contributed by atoms with Gasteiger partial charge in [-0.1, -0.05) is 48.0 Å². The summed E-state index contributed by atoms with van der Waals surface area (Å²) in [5.74, 6) is -0.201. The van der Waals surface area contributed by atoms with Crippen molar-refractivity contribution in [3.8, 4) is 0 Å². The molecule has 39 heavy (non-hydrogen) atoms. The predicted molar refractivity (Wildman–Crippen MR) is 161 cm³/mol. The largest absolute Gasteiger partial charge is 0.368 e. The molecule has 0 amide bonds. The van der Waals surface area contributed by atoms with Gasteiger partial charge in [0, 0.05) is 67.6 Å². The van der Waals surface area contributed by atoms with Crippen LogP contribution in [0.1, 0.15) is 90.2 Å². The standard InChI is InChI=1S/C14H23N3.C9H9FN2.C4H7FO.2C2H6/c1-4-5-13-12(3)16-7-6-14(13)17-9-8-15-11(2)10-17;1-6-5-12-4-3-8(10)7(2)9(12)11-6;1-2-3-4(5)6;2*1-2/h6-7,11,15H,4-5,8-10H2,1-3H3;3-5H,1-2H3;2-3H2,1H3;2*1-2H3. The molecule has 6 nitrogen and oxygen atoms in total. The summed E-state index contributed by atoms with van der Waals surface area (Å²) < 4.78 is 25.9. The van der Waals surface area contributed by atoms with Gasteiger partial charge in [0.25, 0.3) is 0 Å². The number of nitrogens with one attached hydrogen (secondary N) is 1. The Morgan fingerprint density at radius 3 is 2.31 bits per heavy atom. The molecule has 1 atom stereocenters. The van der Waals surface area contributed by atoms with Gasteiger partial charge in [0.1, 0.15) is 11.5 Å². The summed E-state index contributed by atoms with van der Waals surface area (Å²) in [6.45, 7) is 23.3. The number of hydrogen-bond donors (Lipinski definition) is 1. The van der Waals surface area contributed by atoms with Gasteiger partial charge in [-0.2, -0.15) is 4.39 Å². The van der Waals surface area contributed by atoms with Crippen molar-refractivity contribution < 1.29 is 13.6 Å². The maximum absolute atomic E-state index is 13.0. The molecule has 3 aromatic heterocycles. The van der Waals surface area contributed by atoms with Crippen LogP contribution in [0.3, 0.4) is 0 Å². The third-order valence-electron chi connectivity index (χ3n) is 5.83. The fraction of sp³-hybridized carbons (Fsp3) is 0.581. The number of rotatable bonds is 5. The number of anilines is 1. The highest BCUT2D eigenvalue weighted by molar-refractivity contribution is 5.67. The number of nitrogens with zero attached hydrogens (tertiary/aromatic N) is 4. The number of pyridine rings is 2. The number of halogens is 2. The monoisotopic (exact) mass is 547 g/mol. The maximum atomic E-state index is 13.0. The van der Waals surface area contributed by atoms with E-state index in [2.05, 4.69) is 47.0 Å². The third kappa shape index (κ3) is 12.2. The van der Waals surface area contributed by atoms with Gasteiger partial charge >= 0.3 is 6.04 Å². The minimum absolute atomic E-state index is 0.0694. The molecule has 0 radical (unpaired) electrons. The summed E-state index contributed by atoms with van der Waals surface area (Å²) in [6.07, 6.45) is 8.49. The van der Waals surface area contributed by atoms with E-state index in [9.17, 15) is 13.6 Å². The molecule has 220 valence electrons. The zero-order valence-electron chi connectivity index (χ0n) is 25.9. The molecule has 0 spiro atoms. The maximum Gasteiger partial charge on any atom is 0.301 e. The molecule has 1 unspecified atom stereocenters. The summed E-state index contributed by atoms with van der Waals surface area (Å²) in [4.78, 5) is 20.5. The number of aryl methyl sites for hydroxylation is 3. The molecule has 8 heteroatoms. The van der Waals surface area contributed by atoms with Crippen LogP contribution in [0.4, 0.5) is 14.5 Å². The van der Waals surface area contributed by atoms with Gasteiger partial charge in [-0.05, 0) is 58.2 Å². The number of imidazole rings is 1. The molecule has 0 bridgehead atoms. The first-order valence-corrected chi connectivity index (χ1v) is 14.4. The first kappa shape index (κ1) is 36.1. The summed E-state index contributed by atoms with van der Waals surface area (Å²) >= 11 is 0. The SMILES string of the molecule is CC.CC.CCCC(=O)F.CCCc1c(N2CCNC(C)C2)ccnc1C.Cc1cn2ccc(F)c(C)c2n1. The summed E-state index contributed by atoms with van der Waals surface area (Å²) in [5, 5.41) is 3.49. The van der Waals surface area contributed by atoms with Crippen LogP contribution in [-0.2, 0) is 11.2 Å². The number of piperazine rings is 1. The van der Waals surface area contributed by atoms with Crippen LogP contribution in [0, 0.1) is 26.6 Å². The van der Waals surface area contributed by atoms with E-state index in [4.69, 9.17) is 0 Å². The van der Waals surface area contributed by atoms with Gasteiger partial charge in [-0.3, -0.25) is 9.78 Å². The van der Waals surface area contributed by atoms with Crippen molar-refractivity contribution in [2.24, 2.45) is 0 Å². The first-order valence-electron chi connectivity index (χ1n) is 14.4. The van der Waals surface area contributed by atoms with Gasteiger partial charge < -0.3 is 14.6 Å². The highest BCUT2D eigenvalue weighted by Crippen LogP contribution is 2.24. The zero-order chi connectivity index (χ0) is 30.0. The molecule has 4 rings (SSSR count). The van der Waals surface area contributed by atoms with Crippen molar-refractivity contribution in [1.29, 1.82) is 0 Å². The van der Waals surface area contributed by atoms with Crippen molar-refractivity contribution in [2.45, 2.75) is 101 Å². The van der Waals surface area contributed by atoms with E-state index in [1.807, 2.05) is 51.4 Å². The number of hydrogen-bond acceptors (Lipinski definition) is 5. The summed E-state index contributed by atoms with van der Waals surface area (Å²) in [6, 6.07) is 2.99. The van der Waals surface area contributed by atoms with Gasteiger partial charge in [0.05, 0.1) is 5.69 Å². The van der Waals surface area contributed by atoms with Crippen LogP contribution in [0.2, 0.25) is 0 Å². The molecule has 0 saturated carbocycles. The number of carbonyl (C=O) groups is 1. The molecule has 3 aromatic rings. The lowest BCUT2D eigenvalue weighted by atomic mass is 10.0. The van der Waals surface area contributed by atoms with Crippen molar-refractivity contribution in [1.82, 2.24) is 19.7 Å². The van der Waals surface area contributed by atoms with E-state index >= 15 is 0 Å². The normalized spacial score (nSPS) is 13.9. The lowest BCUT2D eigenvalue weighted by molar-refractivity contribution is -0.129. The van der Waals surface area contributed by atoms with Crippen LogP contribution >= 0.6 is 0 Å². The van der Waals surface area contributed by atoms with Gasteiger partial charge in [-0.15, -0.1) is 0 Å². The van der Waals surface area contributed by atoms with E-state index in [-0.39, 0.29) is 12.2 Å². The minimum atomic E-state index is -1.21. The van der Waals surface area contributed by atoms with E-state index in [1.54, 1.807) is 20.0 Å². The second-order valence-corrected chi connectivity index (χ2v) is 8.95. The zero-order valence-corrected chi connectivity index (χ0v) is 25.9.